The maximum atomic E-state index is 13.6. The van der Waals surface area contributed by atoms with Gasteiger partial charge in [-0.15, -0.1) is 0 Å². The molecular formula is C14H15FN4O2. The third kappa shape index (κ3) is 3.88. The number of ether oxygens (including phenoxy) is 1. The third-order valence-electron chi connectivity index (χ3n) is 2.60. The molecule has 0 fully saturated rings. The van der Waals surface area contributed by atoms with E-state index in [-0.39, 0.29) is 5.88 Å². The molecule has 3 N–H and O–H groups in total. The van der Waals surface area contributed by atoms with Gasteiger partial charge in [-0.3, -0.25) is 4.79 Å². The Morgan fingerprint density at radius 2 is 2.10 bits per heavy atom. The fourth-order valence-electron chi connectivity index (χ4n) is 1.54. The van der Waals surface area contributed by atoms with Crippen molar-refractivity contribution in [2.24, 2.45) is 5.73 Å². The molecule has 1 amide bonds. The molecule has 0 saturated carbocycles. The molecule has 0 bridgehead atoms. The largest absolute Gasteiger partial charge is 0.436 e. The highest BCUT2D eigenvalue weighted by molar-refractivity contribution is 5.92. The molecule has 1 aromatic carbocycles. The van der Waals surface area contributed by atoms with Gasteiger partial charge in [-0.25, -0.2) is 4.98 Å². The van der Waals surface area contributed by atoms with Gasteiger partial charge >= 0.3 is 0 Å². The molecular weight excluding hydrogens is 275 g/mol. The Labute approximate surface area is 121 Å². The quantitative estimate of drug-likeness (QED) is 0.852. The minimum absolute atomic E-state index is 0.185. The van der Waals surface area contributed by atoms with Crippen LogP contribution in [0.4, 0.5) is 10.3 Å². The van der Waals surface area contributed by atoms with Gasteiger partial charge in [0.2, 0.25) is 17.7 Å². The first-order valence-electron chi connectivity index (χ1n) is 6.44. The predicted molar refractivity (Wildman–Crippen MR) is 75.8 cm³/mol. The van der Waals surface area contributed by atoms with E-state index in [4.69, 9.17) is 10.5 Å². The van der Waals surface area contributed by atoms with E-state index in [0.717, 1.165) is 12.6 Å². The van der Waals surface area contributed by atoms with E-state index < -0.39 is 11.7 Å². The molecule has 0 aliphatic carbocycles. The lowest BCUT2D eigenvalue weighted by Gasteiger charge is -2.08. The van der Waals surface area contributed by atoms with Crippen molar-refractivity contribution >= 4 is 11.9 Å². The lowest BCUT2D eigenvalue weighted by atomic mass is 10.2. The first kappa shape index (κ1) is 14.7. The molecule has 7 heteroatoms. The minimum Gasteiger partial charge on any atom is -0.436 e. The van der Waals surface area contributed by atoms with Crippen LogP contribution in [0, 0.1) is 5.82 Å². The summed E-state index contributed by atoms with van der Waals surface area (Å²) in [6.45, 7) is 2.67. The number of halogens is 1. The third-order valence-corrected chi connectivity index (χ3v) is 2.60. The van der Waals surface area contributed by atoms with Crippen LogP contribution in [0.25, 0.3) is 0 Å². The number of amides is 1. The van der Waals surface area contributed by atoms with Gasteiger partial charge in [-0.05, 0) is 30.7 Å². The summed E-state index contributed by atoms with van der Waals surface area (Å²) in [6.07, 6.45) is 1.93. The SMILES string of the molecule is CCCNc1ncc(F)c(Oc2ccc(C(N)=O)cc2)n1. The summed E-state index contributed by atoms with van der Waals surface area (Å²) in [7, 11) is 0. The van der Waals surface area contributed by atoms with Crippen LogP contribution in [-0.2, 0) is 0 Å². The van der Waals surface area contributed by atoms with Crippen LogP contribution in [0.3, 0.4) is 0 Å². The summed E-state index contributed by atoms with van der Waals surface area (Å²) in [5, 5.41) is 2.94. The number of anilines is 1. The molecule has 2 aromatic rings. The number of nitrogens with two attached hydrogens (primary N) is 1. The average molecular weight is 290 g/mol. The van der Waals surface area contributed by atoms with E-state index in [1.54, 1.807) is 0 Å². The summed E-state index contributed by atoms with van der Waals surface area (Å²) < 4.78 is 19.0. The molecule has 110 valence electrons. The first-order valence-corrected chi connectivity index (χ1v) is 6.44. The van der Waals surface area contributed by atoms with Crippen molar-refractivity contribution in [2.75, 3.05) is 11.9 Å². The van der Waals surface area contributed by atoms with E-state index in [1.807, 2.05) is 6.92 Å². The molecule has 0 aliphatic heterocycles. The van der Waals surface area contributed by atoms with E-state index in [0.29, 0.717) is 23.8 Å². The zero-order valence-corrected chi connectivity index (χ0v) is 11.5. The predicted octanol–water partition coefficient (Wildman–Crippen LogP) is 2.33. The monoisotopic (exact) mass is 290 g/mol. The minimum atomic E-state index is -0.670. The highest BCUT2D eigenvalue weighted by Crippen LogP contribution is 2.23. The smallest absolute Gasteiger partial charge is 0.260 e. The maximum Gasteiger partial charge on any atom is 0.260 e. The normalized spacial score (nSPS) is 10.2. The molecule has 21 heavy (non-hydrogen) atoms. The maximum absolute atomic E-state index is 13.6. The summed E-state index contributed by atoms with van der Waals surface area (Å²) in [6, 6.07) is 6.02. The van der Waals surface area contributed by atoms with Crippen LogP contribution in [0.1, 0.15) is 23.7 Å². The number of aromatic nitrogens is 2. The van der Waals surface area contributed by atoms with Crippen molar-refractivity contribution in [1.29, 1.82) is 0 Å². The number of hydrogen-bond acceptors (Lipinski definition) is 5. The van der Waals surface area contributed by atoms with Gasteiger partial charge in [0.25, 0.3) is 5.88 Å². The standard InChI is InChI=1S/C14H15FN4O2/c1-2-7-17-14-18-8-11(15)13(19-14)21-10-5-3-9(4-6-10)12(16)20/h3-6,8H,2,7H2,1H3,(H2,16,20)(H,17,18,19). The lowest BCUT2D eigenvalue weighted by Crippen LogP contribution is -2.10. The second-order valence-electron chi connectivity index (χ2n) is 4.26. The van der Waals surface area contributed by atoms with Gasteiger partial charge < -0.3 is 15.8 Å². The number of rotatable bonds is 6. The second-order valence-corrected chi connectivity index (χ2v) is 4.26. The Morgan fingerprint density at radius 3 is 2.71 bits per heavy atom. The average Bonchev–Trinajstić information content (AvgIpc) is 2.48. The van der Waals surface area contributed by atoms with Crippen LogP contribution < -0.4 is 15.8 Å². The molecule has 2 rings (SSSR count). The van der Waals surface area contributed by atoms with Crippen molar-refractivity contribution in [3.63, 3.8) is 0 Å². The van der Waals surface area contributed by atoms with Gasteiger partial charge in [0.05, 0.1) is 6.20 Å². The van der Waals surface area contributed by atoms with Crippen LogP contribution in [0.15, 0.2) is 30.5 Å². The molecule has 0 spiro atoms. The van der Waals surface area contributed by atoms with Crippen LogP contribution >= 0.6 is 0 Å². The Morgan fingerprint density at radius 1 is 1.38 bits per heavy atom. The van der Waals surface area contributed by atoms with E-state index >= 15 is 0 Å². The van der Waals surface area contributed by atoms with Crippen molar-refractivity contribution in [3.05, 3.63) is 41.8 Å². The summed E-state index contributed by atoms with van der Waals surface area (Å²) in [5.41, 5.74) is 5.48. The number of carbonyl (C=O) groups is 1. The van der Waals surface area contributed by atoms with E-state index in [1.165, 1.54) is 24.3 Å². The van der Waals surface area contributed by atoms with Crippen LogP contribution in [0.2, 0.25) is 0 Å². The van der Waals surface area contributed by atoms with Crippen molar-refractivity contribution in [3.8, 4) is 11.6 Å². The highest BCUT2D eigenvalue weighted by Gasteiger charge is 2.10. The Hall–Kier alpha value is -2.70. The van der Waals surface area contributed by atoms with Gasteiger partial charge in [-0.1, -0.05) is 6.92 Å². The summed E-state index contributed by atoms with van der Waals surface area (Å²) >= 11 is 0. The van der Waals surface area contributed by atoms with Crippen LogP contribution in [0.5, 0.6) is 11.6 Å². The molecule has 0 aliphatic rings. The number of nitrogens with one attached hydrogen (secondary N) is 1. The number of primary amides is 1. The van der Waals surface area contributed by atoms with Crippen molar-refractivity contribution < 1.29 is 13.9 Å². The van der Waals surface area contributed by atoms with Crippen molar-refractivity contribution in [2.45, 2.75) is 13.3 Å². The Kier molecular flexibility index (Phi) is 4.65. The molecule has 0 radical (unpaired) electrons. The number of carbonyl (C=O) groups excluding carboxylic acids is 1. The molecule has 0 unspecified atom stereocenters. The van der Waals surface area contributed by atoms with E-state index in [2.05, 4.69) is 15.3 Å². The number of hydrogen-bond donors (Lipinski definition) is 2. The van der Waals surface area contributed by atoms with Gasteiger partial charge in [0.1, 0.15) is 5.75 Å². The molecule has 1 aromatic heterocycles. The summed E-state index contributed by atoms with van der Waals surface area (Å²) in [5.74, 6) is -0.756. The number of benzene rings is 1. The van der Waals surface area contributed by atoms with Crippen LogP contribution in [-0.4, -0.2) is 22.4 Å². The zero-order valence-electron chi connectivity index (χ0n) is 11.5. The molecule has 0 atom stereocenters. The van der Waals surface area contributed by atoms with Crippen molar-refractivity contribution in [1.82, 2.24) is 9.97 Å². The zero-order chi connectivity index (χ0) is 15.2. The van der Waals surface area contributed by atoms with Gasteiger partial charge in [0, 0.05) is 12.1 Å². The first-order chi connectivity index (χ1) is 10.1. The Bertz CT molecular complexity index is 631. The topological polar surface area (TPSA) is 90.1 Å². The fraction of sp³-hybridized carbons (Fsp3) is 0.214. The fourth-order valence-corrected chi connectivity index (χ4v) is 1.54. The van der Waals surface area contributed by atoms with Gasteiger partial charge in [0.15, 0.2) is 0 Å². The highest BCUT2D eigenvalue weighted by atomic mass is 19.1. The molecule has 6 nitrogen and oxygen atoms in total. The Balaban J connectivity index is 2.16. The second kappa shape index (κ2) is 6.65. The molecule has 1 heterocycles. The molecule has 0 saturated heterocycles. The summed E-state index contributed by atoms with van der Waals surface area (Å²) in [4.78, 5) is 18.7. The number of nitrogens with zero attached hydrogens (tertiary/aromatic N) is 2. The van der Waals surface area contributed by atoms with E-state index in [9.17, 15) is 9.18 Å². The lowest BCUT2D eigenvalue weighted by molar-refractivity contribution is 0.100. The van der Waals surface area contributed by atoms with Gasteiger partial charge in [-0.2, -0.15) is 9.37 Å².